The molecule has 0 aliphatic carbocycles. The van der Waals surface area contributed by atoms with Gasteiger partial charge >= 0.3 is 5.97 Å². The Labute approximate surface area is 129 Å². The second-order valence-electron chi connectivity index (χ2n) is 4.49. The van der Waals surface area contributed by atoms with Gasteiger partial charge in [0, 0.05) is 12.6 Å². The molecule has 1 aromatic rings. The van der Waals surface area contributed by atoms with E-state index in [2.05, 4.69) is 10.6 Å². The first-order chi connectivity index (χ1) is 10.5. The molecule has 118 valence electrons. The van der Waals surface area contributed by atoms with Crippen LogP contribution in [-0.4, -0.2) is 37.0 Å². The fraction of sp³-hybridized carbons (Fsp3) is 0.312. The zero-order chi connectivity index (χ0) is 16.4. The van der Waals surface area contributed by atoms with Crippen LogP contribution in [0.15, 0.2) is 36.4 Å². The Morgan fingerprint density at radius 1 is 1.18 bits per heavy atom. The zero-order valence-corrected chi connectivity index (χ0v) is 12.7. The molecule has 0 spiro atoms. The van der Waals surface area contributed by atoms with E-state index in [1.807, 2.05) is 30.3 Å². The molecule has 6 heteroatoms. The van der Waals surface area contributed by atoms with Gasteiger partial charge in [0.15, 0.2) is 6.10 Å². The van der Waals surface area contributed by atoms with Crippen molar-refractivity contribution in [3.63, 3.8) is 0 Å². The summed E-state index contributed by atoms with van der Waals surface area (Å²) in [7, 11) is 0. The quantitative estimate of drug-likeness (QED) is 0.578. The topological polar surface area (TPSA) is 84.5 Å². The minimum absolute atomic E-state index is 0.290. The Morgan fingerprint density at radius 2 is 1.86 bits per heavy atom. The van der Waals surface area contributed by atoms with Gasteiger partial charge in [-0.05, 0) is 25.5 Å². The summed E-state index contributed by atoms with van der Waals surface area (Å²) in [6.45, 7) is 3.41. The van der Waals surface area contributed by atoms with Crippen molar-refractivity contribution in [1.82, 2.24) is 10.6 Å². The summed E-state index contributed by atoms with van der Waals surface area (Å²) < 4.78 is 4.89. The Kier molecular flexibility index (Phi) is 7.39. The molecule has 0 aliphatic heterocycles. The highest BCUT2D eigenvalue weighted by Crippen LogP contribution is 2.00. The predicted octanol–water partition coefficient (Wildman–Crippen LogP) is 0.884. The van der Waals surface area contributed by atoms with Crippen LogP contribution in [0, 0.1) is 0 Å². The molecular weight excluding hydrogens is 284 g/mol. The molecule has 2 N–H and O–H groups in total. The largest absolute Gasteiger partial charge is 0.451 e. The third kappa shape index (κ3) is 6.69. The lowest BCUT2D eigenvalue weighted by molar-refractivity contribution is -0.154. The minimum atomic E-state index is -0.885. The molecular formula is C16H20N2O4. The highest BCUT2D eigenvalue weighted by molar-refractivity contribution is 5.93. The second kappa shape index (κ2) is 9.33. The van der Waals surface area contributed by atoms with Crippen LogP contribution in [0.5, 0.6) is 0 Å². The maximum absolute atomic E-state index is 11.6. The number of rotatable bonds is 7. The molecule has 6 nitrogen and oxygen atoms in total. The van der Waals surface area contributed by atoms with Crippen LogP contribution in [-0.2, 0) is 19.1 Å². The van der Waals surface area contributed by atoms with Gasteiger partial charge < -0.3 is 15.4 Å². The van der Waals surface area contributed by atoms with Crippen molar-refractivity contribution in [2.75, 3.05) is 13.1 Å². The predicted molar refractivity (Wildman–Crippen MR) is 82.7 cm³/mol. The normalized spacial score (nSPS) is 11.7. The van der Waals surface area contributed by atoms with Crippen molar-refractivity contribution in [2.24, 2.45) is 0 Å². The molecule has 0 unspecified atom stereocenters. The van der Waals surface area contributed by atoms with Gasteiger partial charge in [-0.3, -0.25) is 14.4 Å². The van der Waals surface area contributed by atoms with Gasteiger partial charge in [0.2, 0.25) is 5.91 Å². The van der Waals surface area contributed by atoms with E-state index in [4.69, 9.17) is 4.74 Å². The first-order valence-corrected chi connectivity index (χ1v) is 7.01. The van der Waals surface area contributed by atoms with Crippen LogP contribution >= 0.6 is 0 Å². The summed E-state index contributed by atoms with van der Waals surface area (Å²) in [6.07, 6.45) is 2.08. The van der Waals surface area contributed by atoms with Crippen LogP contribution in [0.3, 0.4) is 0 Å². The molecule has 0 aliphatic rings. The average Bonchev–Trinajstić information content (AvgIpc) is 2.52. The molecule has 22 heavy (non-hydrogen) atoms. The summed E-state index contributed by atoms with van der Waals surface area (Å²) >= 11 is 0. The molecule has 1 rings (SSSR count). The van der Waals surface area contributed by atoms with Crippen LogP contribution in [0.4, 0.5) is 0 Å². The number of esters is 1. The van der Waals surface area contributed by atoms with Gasteiger partial charge in [-0.1, -0.05) is 30.3 Å². The number of likely N-dealkylation sites (N-methyl/N-ethyl adjacent to an activating group) is 1. The highest BCUT2D eigenvalue weighted by Gasteiger charge is 2.16. The van der Waals surface area contributed by atoms with Gasteiger partial charge in [-0.15, -0.1) is 0 Å². The Bertz CT molecular complexity index is 540. The van der Waals surface area contributed by atoms with Crippen LogP contribution < -0.4 is 10.6 Å². The number of ether oxygens (including phenoxy) is 1. The van der Waals surface area contributed by atoms with E-state index in [1.54, 1.807) is 13.0 Å². The summed E-state index contributed by atoms with van der Waals surface area (Å²) in [5, 5.41) is 4.94. The van der Waals surface area contributed by atoms with Crippen molar-refractivity contribution in [1.29, 1.82) is 0 Å². The molecule has 0 heterocycles. The van der Waals surface area contributed by atoms with E-state index >= 15 is 0 Å². The van der Waals surface area contributed by atoms with Crippen molar-refractivity contribution in [3.8, 4) is 0 Å². The van der Waals surface area contributed by atoms with E-state index in [1.165, 1.54) is 13.0 Å². The molecule has 0 saturated heterocycles. The molecule has 0 saturated carbocycles. The molecule has 0 bridgehead atoms. The summed E-state index contributed by atoms with van der Waals surface area (Å²) in [5.74, 6) is -1.45. The smallest absolute Gasteiger partial charge is 0.326 e. The molecule has 1 atom stereocenters. The third-order valence-electron chi connectivity index (χ3n) is 2.66. The third-order valence-corrected chi connectivity index (χ3v) is 2.66. The molecule has 2 amide bonds. The van der Waals surface area contributed by atoms with E-state index in [0.717, 1.165) is 5.56 Å². The Morgan fingerprint density at radius 3 is 2.50 bits per heavy atom. The number of carbonyl (C=O) groups excluding carboxylic acids is 3. The standard InChI is InChI=1S/C16H20N2O4/c1-3-17-16(21)12(2)22-15(20)11-18-14(19)10-9-13-7-5-4-6-8-13/h4-10,12H,3,11H2,1-2H3,(H,17,21)(H,18,19)/b10-9+/t12-/m1/s1. The number of hydrogen-bond acceptors (Lipinski definition) is 4. The zero-order valence-electron chi connectivity index (χ0n) is 12.7. The Hall–Kier alpha value is -2.63. The minimum Gasteiger partial charge on any atom is -0.451 e. The molecule has 0 radical (unpaired) electrons. The number of amides is 2. The van der Waals surface area contributed by atoms with E-state index in [-0.39, 0.29) is 12.5 Å². The first-order valence-electron chi connectivity index (χ1n) is 7.01. The SMILES string of the molecule is CCNC(=O)[C@@H](C)OC(=O)CNC(=O)/C=C/c1ccccc1. The fourth-order valence-corrected chi connectivity index (χ4v) is 1.56. The summed E-state index contributed by atoms with van der Waals surface area (Å²) in [6, 6.07) is 9.30. The lowest BCUT2D eigenvalue weighted by atomic mass is 10.2. The maximum Gasteiger partial charge on any atom is 0.326 e. The second-order valence-corrected chi connectivity index (χ2v) is 4.49. The van der Waals surface area contributed by atoms with Gasteiger partial charge in [-0.25, -0.2) is 0 Å². The van der Waals surface area contributed by atoms with Crippen LogP contribution in [0.2, 0.25) is 0 Å². The van der Waals surface area contributed by atoms with Gasteiger partial charge in [0.25, 0.3) is 5.91 Å². The number of carbonyl (C=O) groups is 3. The van der Waals surface area contributed by atoms with Crippen molar-refractivity contribution in [3.05, 3.63) is 42.0 Å². The monoisotopic (exact) mass is 304 g/mol. The highest BCUT2D eigenvalue weighted by atomic mass is 16.5. The van der Waals surface area contributed by atoms with Gasteiger partial charge in [-0.2, -0.15) is 0 Å². The van der Waals surface area contributed by atoms with E-state index in [9.17, 15) is 14.4 Å². The lowest BCUT2D eigenvalue weighted by Gasteiger charge is -2.12. The van der Waals surface area contributed by atoms with Crippen molar-refractivity contribution >= 4 is 23.9 Å². The number of benzene rings is 1. The van der Waals surface area contributed by atoms with E-state index < -0.39 is 18.0 Å². The average molecular weight is 304 g/mol. The summed E-state index contributed by atoms with van der Waals surface area (Å²) in [4.78, 5) is 34.4. The molecule has 1 aromatic carbocycles. The lowest BCUT2D eigenvalue weighted by Crippen LogP contribution is -2.38. The fourth-order valence-electron chi connectivity index (χ4n) is 1.56. The van der Waals surface area contributed by atoms with Crippen LogP contribution in [0.1, 0.15) is 19.4 Å². The maximum atomic E-state index is 11.6. The molecule has 0 aromatic heterocycles. The van der Waals surface area contributed by atoms with Crippen molar-refractivity contribution in [2.45, 2.75) is 20.0 Å². The number of nitrogens with one attached hydrogen (secondary N) is 2. The van der Waals surface area contributed by atoms with E-state index in [0.29, 0.717) is 6.54 Å². The Balaban J connectivity index is 2.33. The van der Waals surface area contributed by atoms with Crippen LogP contribution in [0.25, 0.3) is 6.08 Å². The van der Waals surface area contributed by atoms with Crippen molar-refractivity contribution < 1.29 is 19.1 Å². The first kappa shape index (κ1) is 17.4. The number of hydrogen-bond donors (Lipinski definition) is 2. The van der Waals surface area contributed by atoms with Gasteiger partial charge in [0.1, 0.15) is 6.54 Å². The molecule has 0 fully saturated rings. The van der Waals surface area contributed by atoms with Gasteiger partial charge in [0.05, 0.1) is 0 Å². The summed E-state index contributed by atoms with van der Waals surface area (Å²) in [5.41, 5.74) is 0.880.